The second kappa shape index (κ2) is 9.21. The molecule has 0 spiro atoms. The lowest BCUT2D eigenvalue weighted by Crippen LogP contribution is -2.43. The van der Waals surface area contributed by atoms with Crippen LogP contribution in [-0.4, -0.2) is 58.4 Å². The Hall–Kier alpha value is -2.09. The Morgan fingerprint density at radius 3 is 2.70 bits per heavy atom. The zero-order chi connectivity index (χ0) is 19.2. The quantitative estimate of drug-likeness (QED) is 0.702. The van der Waals surface area contributed by atoms with Gasteiger partial charge in [0, 0.05) is 25.1 Å². The standard InChI is InChI=1S/C20H26N2O4S/c1-24-9-7-21-19(23)13-22-8-6-14-11-16(25-2)17(26-3)12-15(14)20(22)18-5-4-10-27-18/h4-5,10-12,20H,6-9,13H2,1-3H3,(H,21,23)/t20-/m0/s1. The van der Waals surface area contributed by atoms with Crippen molar-refractivity contribution in [3.63, 3.8) is 0 Å². The van der Waals surface area contributed by atoms with Crippen molar-refractivity contribution in [3.8, 4) is 11.5 Å². The summed E-state index contributed by atoms with van der Waals surface area (Å²) in [6, 6.07) is 8.31. The topological polar surface area (TPSA) is 60.0 Å². The van der Waals surface area contributed by atoms with Gasteiger partial charge >= 0.3 is 0 Å². The average molecular weight is 391 g/mol. The molecule has 0 radical (unpaired) electrons. The number of methoxy groups -OCH3 is 3. The summed E-state index contributed by atoms with van der Waals surface area (Å²) >= 11 is 1.70. The molecule has 2 heterocycles. The van der Waals surface area contributed by atoms with Crippen molar-refractivity contribution in [2.24, 2.45) is 0 Å². The molecule has 0 aliphatic carbocycles. The van der Waals surface area contributed by atoms with Crippen LogP contribution in [0.1, 0.15) is 22.0 Å². The van der Waals surface area contributed by atoms with Crippen LogP contribution in [0.5, 0.6) is 11.5 Å². The second-order valence-corrected chi connectivity index (χ2v) is 7.37. The van der Waals surface area contributed by atoms with Gasteiger partial charge in [0.15, 0.2) is 11.5 Å². The molecule has 1 aliphatic heterocycles. The van der Waals surface area contributed by atoms with E-state index in [2.05, 4.69) is 27.7 Å². The fourth-order valence-electron chi connectivity index (χ4n) is 3.48. The van der Waals surface area contributed by atoms with Crippen LogP contribution in [0.3, 0.4) is 0 Å². The minimum Gasteiger partial charge on any atom is -0.493 e. The normalized spacial score (nSPS) is 16.6. The van der Waals surface area contributed by atoms with Gasteiger partial charge in [-0.3, -0.25) is 9.69 Å². The van der Waals surface area contributed by atoms with E-state index in [-0.39, 0.29) is 11.9 Å². The molecule has 1 aromatic carbocycles. The molecule has 0 bridgehead atoms. The number of carbonyl (C=O) groups excluding carboxylic acids is 1. The number of thiophene rings is 1. The lowest BCUT2D eigenvalue weighted by Gasteiger charge is -2.37. The summed E-state index contributed by atoms with van der Waals surface area (Å²) in [4.78, 5) is 15.8. The summed E-state index contributed by atoms with van der Waals surface area (Å²) in [7, 11) is 4.93. The molecule has 3 rings (SSSR count). The molecule has 27 heavy (non-hydrogen) atoms. The molecule has 7 heteroatoms. The number of hydrogen-bond acceptors (Lipinski definition) is 6. The molecule has 1 amide bonds. The summed E-state index contributed by atoms with van der Waals surface area (Å²) in [5.74, 6) is 1.47. The van der Waals surface area contributed by atoms with Gasteiger partial charge in [0.1, 0.15) is 0 Å². The summed E-state index contributed by atoms with van der Waals surface area (Å²) < 4.78 is 16.0. The van der Waals surface area contributed by atoms with Gasteiger partial charge in [-0.05, 0) is 41.1 Å². The fourth-order valence-corrected chi connectivity index (χ4v) is 4.36. The number of nitrogens with one attached hydrogen (secondary N) is 1. The van der Waals surface area contributed by atoms with Gasteiger partial charge in [0.2, 0.25) is 5.91 Å². The highest BCUT2D eigenvalue weighted by Crippen LogP contribution is 2.41. The van der Waals surface area contributed by atoms with Crippen LogP contribution in [0, 0.1) is 0 Å². The van der Waals surface area contributed by atoms with E-state index in [9.17, 15) is 4.79 Å². The molecule has 0 unspecified atom stereocenters. The van der Waals surface area contributed by atoms with Gasteiger partial charge in [0.05, 0.1) is 33.4 Å². The van der Waals surface area contributed by atoms with Gasteiger partial charge in [-0.1, -0.05) is 6.07 Å². The third kappa shape index (κ3) is 4.43. The molecule has 0 fully saturated rings. The smallest absolute Gasteiger partial charge is 0.234 e. The van der Waals surface area contributed by atoms with Crippen LogP contribution >= 0.6 is 11.3 Å². The molecule has 1 atom stereocenters. The zero-order valence-electron chi connectivity index (χ0n) is 16.0. The molecule has 2 aromatic rings. The van der Waals surface area contributed by atoms with Gasteiger partial charge in [-0.2, -0.15) is 0 Å². The van der Waals surface area contributed by atoms with Gasteiger partial charge in [-0.25, -0.2) is 0 Å². The lowest BCUT2D eigenvalue weighted by atomic mass is 9.91. The Labute approximate surface area is 164 Å². The predicted molar refractivity (Wildman–Crippen MR) is 106 cm³/mol. The van der Waals surface area contributed by atoms with Gasteiger partial charge in [0.25, 0.3) is 0 Å². The zero-order valence-corrected chi connectivity index (χ0v) is 16.8. The first-order valence-corrected chi connectivity index (χ1v) is 9.83. The fraction of sp³-hybridized carbons (Fsp3) is 0.450. The van der Waals surface area contributed by atoms with E-state index in [1.54, 1.807) is 32.7 Å². The second-order valence-electron chi connectivity index (χ2n) is 6.39. The number of nitrogens with zero attached hydrogens (tertiary/aromatic N) is 1. The summed E-state index contributed by atoms with van der Waals surface area (Å²) in [6.45, 7) is 2.19. The Morgan fingerprint density at radius 1 is 1.26 bits per heavy atom. The van der Waals surface area contributed by atoms with Crippen LogP contribution in [0.25, 0.3) is 0 Å². The van der Waals surface area contributed by atoms with Crippen molar-refractivity contribution in [2.75, 3.05) is 47.6 Å². The SMILES string of the molecule is COCCNC(=O)CN1CCc2cc(OC)c(OC)cc2[C@H]1c1cccs1. The first-order valence-electron chi connectivity index (χ1n) is 8.95. The van der Waals surface area contributed by atoms with E-state index in [1.807, 2.05) is 12.1 Å². The van der Waals surface area contributed by atoms with Crippen molar-refractivity contribution < 1.29 is 19.0 Å². The number of hydrogen-bond donors (Lipinski definition) is 1. The van der Waals surface area contributed by atoms with Crippen molar-refractivity contribution in [3.05, 3.63) is 45.6 Å². The highest BCUT2D eigenvalue weighted by atomic mass is 32.1. The number of benzene rings is 1. The highest BCUT2D eigenvalue weighted by Gasteiger charge is 2.32. The third-order valence-electron chi connectivity index (χ3n) is 4.76. The minimum atomic E-state index is 0.0116. The van der Waals surface area contributed by atoms with Crippen molar-refractivity contribution in [1.82, 2.24) is 10.2 Å². The highest BCUT2D eigenvalue weighted by molar-refractivity contribution is 7.10. The third-order valence-corrected chi connectivity index (χ3v) is 5.69. The Balaban J connectivity index is 1.90. The summed E-state index contributed by atoms with van der Waals surface area (Å²) in [5.41, 5.74) is 2.41. The van der Waals surface area contributed by atoms with Crippen LogP contribution in [0.4, 0.5) is 0 Å². The largest absolute Gasteiger partial charge is 0.493 e. The number of amides is 1. The van der Waals surface area contributed by atoms with E-state index >= 15 is 0 Å². The molecule has 1 aliphatic rings. The van der Waals surface area contributed by atoms with E-state index in [0.717, 1.165) is 18.7 Å². The first-order chi connectivity index (χ1) is 13.2. The van der Waals surface area contributed by atoms with Crippen LogP contribution in [-0.2, 0) is 16.0 Å². The van der Waals surface area contributed by atoms with E-state index < -0.39 is 0 Å². The van der Waals surface area contributed by atoms with Crippen LogP contribution in [0.2, 0.25) is 0 Å². The maximum absolute atomic E-state index is 12.4. The number of ether oxygens (including phenoxy) is 3. The van der Waals surface area contributed by atoms with Crippen LogP contribution < -0.4 is 14.8 Å². The number of rotatable bonds is 8. The summed E-state index contributed by atoms with van der Waals surface area (Å²) in [5, 5.41) is 4.99. The van der Waals surface area contributed by atoms with Gasteiger partial charge in [-0.15, -0.1) is 11.3 Å². The number of fused-ring (bicyclic) bond motifs is 1. The minimum absolute atomic E-state index is 0.0116. The first kappa shape index (κ1) is 19.7. The van der Waals surface area contributed by atoms with Crippen molar-refractivity contribution >= 4 is 17.2 Å². The number of carbonyl (C=O) groups is 1. The Morgan fingerprint density at radius 2 is 2.04 bits per heavy atom. The molecular weight excluding hydrogens is 364 g/mol. The molecule has 1 N–H and O–H groups in total. The van der Waals surface area contributed by atoms with E-state index in [0.29, 0.717) is 25.4 Å². The molecule has 6 nitrogen and oxygen atoms in total. The Kier molecular flexibility index (Phi) is 6.71. The molecule has 1 aromatic heterocycles. The lowest BCUT2D eigenvalue weighted by molar-refractivity contribution is -0.122. The van der Waals surface area contributed by atoms with Crippen LogP contribution in [0.15, 0.2) is 29.6 Å². The van der Waals surface area contributed by atoms with E-state index in [4.69, 9.17) is 14.2 Å². The maximum atomic E-state index is 12.4. The van der Waals surface area contributed by atoms with Crippen molar-refractivity contribution in [2.45, 2.75) is 12.5 Å². The average Bonchev–Trinajstić information content (AvgIpc) is 3.21. The molecular formula is C20H26N2O4S. The Bertz CT molecular complexity index is 764. The predicted octanol–water partition coefficient (Wildman–Crippen LogP) is 2.48. The van der Waals surface area contributed by atoms with E-state index in [1.165, 1.54) is 16.0 Å². The molecule has 146 valence electrons. The maximum Gasteiger partial charge on any atom is 0.234 e. The monoisotopic (exact) mass is 390 g/mol. The van der Waals surface area contributed by atoms with Crippen molar-refractivity contribution in [1.29, 1.82) is 0 Å². The molecule has 0 saturated heterocycles. The molecule has 0 saturated carbocycles. The summed E-state index contributed by atoms with van der Waals surface area (Å²) in [6.07, 6.45) is 0.864. The van der Waals surface area contributed by atoms with Gasteiger partial charge < -0.3 is 19.5 Å².